The van der Waals surface area contributed by atoms with Gasteiger partial charge in [-0.1, -0.05) is 127 Å². The number of carbonyl (C=O) groups excluding carboxylic acids is 1. The molecule has 10 aromatic carbocycles. The van der Waals surface area contributed by atoms with Gasteiger partial charge in [0.05, 0.1) is 12.2 Å². The molecule has 0 unspecified atom stereocenters. The number of esters is 1. The summed E-state index contributed by atoms with van der Waals surface area (Å²) in [7, 11) is 0. The first-order valence-electron chi connectivity index (χ1n) is 20.1. The Balaban J connectivity index is 1.11. The van der Waals surface area contributed by atoms with Gasteiger partial charge in [-0.05, 0) is 146 Å². The van der Waals surface area contributed by atoms with E-state index in [-0.39, 0.29) is 12.6 Å². The highest BCUT2D eigenvalue weighted by Crippen LogP contribution is 2.46. The first-order valence-corrected chi connectivity index (χ1v) is 20.1. The van der Waals surface area contributed by atoms with Crippen molar-refractivity contribution in [1.82, 2.24) is 0 Å². The number of benzene rings is 10. The minimum absolute atomic E-state index is 0.278. The Morgan fingerprint density at radius 2 is 0.831 bits per heavy atom. The van der Waals surface area contributed by atoms with Crippen molar-refractivity contribution < 1.29 is 9.53 Å². The number of rotatable bonds is 10. The summed E-state index contributed by atoms with van der Waals surface area (Å²) < 4.78 is 5.76. The monoisotopic (exact) mass is 760 g/mol. The van der Waals surface area contributed by atoms with Crippen LogP contribution in [-0.4, -0.2) is 12.6 Å². The summed E-state index contributed by atoms with van der Waals surface area (Å²) in [6.07, 6.45) is 0. The summed E-state index contributed by atoms with van der Waals surface area (Å²) >= 11 is 0. The summed E-state index contributed by atoms with van der Waals surface area (Å²) in [5.74, 6) is -0.348. The lowest BCUT2D eigenvalue weighted by molar-refractivity contribution is 0.0527. The van der Waals surface area contributed by atoms with Crippen molar-refractivity contribution in [3.8, 4) is 22.3 Å². The SMILES string of the molecule is CCOC(=O)c1cc(N(c2ccccc2)c2ccccc2)ccc1-c1cc2cccc3c(-c4ccc(N(c5ccccc5)c5ccccc5)cc4)cc4cccc1c4c23. The third kappa shape index (κ3) is 6.51. The molecule has 0 aliphatic carbocycles. The lowest BCUT2D eigenvalue weighted by Gasteiger charge is -2.26. The van der Waals surface area contributed by atoms with E-state index in [0.717, 1.165) is 67.0 Å². The summed E-state index contributed by atoms with van der Waals surface area (Å²) in [6.45, 7) is 2.13. The number of hydrogen-bond acceptors (Lipinski definition) is 4. The number of hydrogen-bond donors (Lipinski definition) is 0. The van der Waals surface area contributed by atoms with Crippen LogP contribution in [0.25, 0.3) is 54.6 Å². The van der Waals surface area contributed by atoms with E-state index < -0.39 is 0 Å². The van der Waals surface area contributed by atoms with Gasteiger partial charge in [0.25, 0.3) is 0 Å². The molecule has 59 heavy (non-hydrogen) atoms. The van der Waals surface area contributed by atoms with Crippen LogP contribution in [-0.2, 0) is 4.74 Å². The fourth-order valence-corrected chi connectivity index (χ4v) is 8.59. The van der Waals surface area contributed by atoms with Crippen LogP contribution in [0, 0.1) is 0 Å². The Morgan fingerprint density at radius 1 is 0.407 bits per heavy atom. The first kappa shape index (κ1) is 35.7. The zero-order chi connectivity index (χ0) is 39.7. The second-order valence-corrected chi connectivity index (χ2v) is 14.7. The quantitative estimate of drug-likeness (QED) is 0.103. The normalized spacial score (nSPS) is 11.3. The maximum Gasteiger partial charge on any atom is 0.338 e. The van der Waals surface area contributed by atoms with Gasteiger partial charge in [-0.25, -0.2) is 4.79 Å². The molecule has 0 aliphatic rings. The molecule has 10 rings (SSSR count). The lowest BCUT2D eigenvalue weighted by atomic mass is 9.85. The molecule has 0 aliphatic heterocycles. The molecular weight excluding hydrogens is 721 g/mol. The summed E-state index contributed by atoms with van der Waals surface area (Å²) in [5, 5.41) is 6.95. The van der Waals surface area contributed by atoms with Gasteiger partial charge in [0.15, 0.2) is 0 Å². The molecule has 0 heterocycles. The average molecular weight is 761 g/mol. The number of ether oxygens (including phenoxy) is 1. The van der Waals surface area contributed by atoms with E-state index in [1.807, 2.05) is 49.4 Å². The molecule has 0 saturated heterocycles. The molecule has 282 valence electrons. The van der Waals surface area contributed by atoms with Gasteiger partial charge in [0.2, 0.25) is 0 Å². The minimum atomic E-state index is -0.348. The van der Waals surface area contributed by atoms with Gasteiger partial charge in [-0.2, -0.15) is 0 Å². The molecule has 0 atom stereocenters. The van der Waals surface area contributed by atoms with Gasteiger partial charge in [0.1, 0.15) is 0 Å². The van der Waals surface area contributed by atoms with E-state index in [9.17, 15) is 4.79 Å². The van der Waals surface area contributed by atoms with E-state index in [1.165, 1.54) is 21.7 Å². The van der Waals surface area contributed by atoms with Crippen LogP contribution in [0.2, 0.25) is 0 Å². The summed E-state index contributed by atoms with van der Waals surface area (Å²) in [6, 6.07) is 74.2. The maximum absolute atomic E-state index is 14.0. The van der Waals surface area contributed by atoms with Crippen LogP contribution in [0.5, 0.6) is 0 Å². The predicted octanol–water partition coefficient (Wildman–Crippen LogP) is 15.0. The Bertz CT molecular complexity index is 2980. The lowest BCUT2D eigenvalue weighted by Crippen LogP contribution is -2.12. The second kappa shape index (κ2) is 15.3. The van der Waals surface area contributed by atoms with Crippen LogP contribution in [0.4, 0.5) is 34.1 Å². The van der Waals surface area contributed by atoms with Crippen molar-refractivity contribution in [3.05, 3.63) is 218 Å². The zero-order valence-electron chi connectivity index (χ0n) is 32.6. The van der Waals surface area contributed by atoms with Crippen LogP contribution in [0.3, 0.4) is 0 Å². The molecule has 10 aromatic rings. The average Bonchev–Trinajstić information content (AvgIpc) is 3.30. The second-order valence-electron chi connectivity index (χ2n) is 14.7. The van der Waals surface area contributed by atoms with E-state index in [4.69, 9.17) is 4.74 Å². The number of para-hydroxylation sites is 4. The molecule has 0 saturated carbocycles. The van der Waals surface area contributed by atoms with Crippen LogP contribution in [0.15, 0.2) is 212 Å². The number of anilines is 6. The van der Waals surface area contributed by atoms with Gasteiger partial charge in [-0.15, -0.1) is 0 Å². The maximum atomic E-state index is 14.0. The minimum Gasteiger partial charge on any atom is -0.462 e. The first-order chi connectivity index (χ1) is 29.2. The third-order valence-electron chi connectivity index (χ3n) is 11.2. The Kier molecular flexibility index (Phi) is 9.28. The van der Waals surface area contributed by atoms with Crippen LogP contribution < -0.4 is 9.80 Å². The van der Waals surface area contributed by atoms with Crippen molar-refractivity contribution in [2.45, 2.75) is 6.92 Å². The topological polar surface area (TPSA) is 32.8 Å². The molecule has 4 heteroatoms. The predicted molar refractivity (Wildman–Crippen MR) is 246 cm³/mol. The molecule has 0 fully saturated rings. The van der Waals surface area contributed by atoms with Gasteiger partial charge >= 0.3 is 5.97 Å². The van der Waals surface area contributed by atoms with Gasteiger partial charge < -0.3 is 14.5 Å². The molecule has 0 aromatic heterocycles. The third-order valence-corrected chi connectivity index (χ3v) is 11.2. The molecule has 0 N–H and O–H groups in total. The van der Waals surface area contributed by atoms with Crippen molar-refractivity contribution in [2.75, 3.05) is 16.4 Å². The van der Waals surface area contributed by atoms with E-state index in [0.29, 0.717) is 5.56 Å². The molecule has 4 nitrogen and oxygen atoms in total. The highest BCUT2D eigenvalue weighted by Gasteiger charge is 2.23. The van der Waals surface area contributed by atoms with Crippen molar-refractivity contribution in [1.29, 1.82) is 0 Å². The molecule has 0 bridgehead atoms. The standard InChI is InChI=1S/C55H40N2O2/c1-2-59-55(58)52-37-46(57(43-23-11-5-12-24-43)44-25-13-6-14-26-44)33-34-47(52)51-36-40-18-15-27-48-50(35-39-17-16-28-49(51)54(39)53(40)48)38-29-31-45(32-30-38)56(41-19-7-3-8-20-41)42-21-9-4-10-22-42/h3-37H,2H2,1H3. The largest absolute Gasteiger partial charge is 0.462 e. The highest BCUT2D eigenvalue weighted by molar-refractivity contribution is 6.29. The summed E-state index contributed by atoms with van der Waals surface area (Å²) in [5.41, 5.74) is 10.9. The van der Waals surface area contributed by atoms with Gasteiger partial charge in [0, 0.05) is 34.1 Å². The van der Waals surface area contributed by atoms with E-state index in [2.05, 4.69) is 180 Å². The van der Waals surface area contributed by atoms with E-state index >= 15 is 0 Å². The molecular formula is C55H40N2O2. The van der Waals surface area contributed by atoms with Crippen molar-refractivity contribution in [3.63, 3.8) is 0 Å². The van der Waals surface area contributed by atoms with Crippen molar-refractivity contribution >= 4 is 72.4 Å². The smallest absolute Gasteiger partial charge is 0.338 e. The number of nitrogens with zero attached hydrogens (tertiary/aromatic N) is 2. The van der Waals surface area contributed by atoms with Crippen LogP contribution in [0.1, 0.15) is 17.3 Å². The van der Waals surface area contributed by atoms with Crippen molar-refractivity contribution in [2.24, 2.45) is 0 Å². The molecule has 0 radical (unpaired) electrons. The fraction of sp³-hybridized carbons (Fsp3) is 0.0364. The van der Waals surface area contributed by atoms with E-state index in [1.54, 1.807) is 0 Å². The zero-order valence-corrected chi connectivity index (χ0v) is 32.6. The van der Waals surface area contributed by atoms with Crippen LogP contribution >= 0.6 is 0 Å². The highest BCUT2D eigenvalue weighted by atomic mass is 16.5. The number of carbonyl (C=O) groups is 1. The molecule has 0 spiro atoms. The Morgan fingerprint density at radius 3 is 1.32 bits per heavy atom. The summed E-state index contributed by atoms with van der Waals surface area (Å²) in [4.78, 5) is 18.5. The Hall–Kier alpha value is -7.69. The molecule has 0 amide bonds. The van der Waals surface area contributed by atoms with Gasteiger partial charge in [-0.3, -0.25) is 0 Å². The fourth-order valence-electron chi connectivity index (χ4n) is 8.59. The Labute approximate surface area is 344 Å².